The SMILES string of the molecule is CCCCCCCCCCCCCCCCCC(=O)N/N=C\c1ccco1. The first-order chi connectivity index (χ1) is 13.3. The molecule has 1 heterocycles. The van der Waals surface area contributed by atoms with Gasteiger partial charge >= 0.3 is 0 Å². The summed E-state index contributed by atoms with van der Waals surface area (Å²) < 4.78 is 5.11. The lowest BCUT2D eigenvalue weighted by Crippen LogP contribution is -2.16. The van der Waals surface area contributed by atoms with E-state index in [9.17, 15) is 4.79 Å². The Bertz CT molecular complexity index is 469. The fraction of sp³-hybridized carbons (Fsp3) is 0.739. The van der Waals surface area contributed by atoms with E-state index in [1.54, 1.807) is 18.4 Å². The maximum absolute atomic E-state index is 11.6. The topological polar surface area (TPSA) is 54.6 Å². The van der Waals surface area contributed by atoms with Crippen molar-refractivity contribution in [3.8, 4) is 0 Å². The van der Waals surface area contributed by atoms with E-state index in [0.717, 1.165) is 12.8 Å². The van der Waals surface area contributed by atoms with Gasteiger partial charge < -0.3 is 4.42 Å². The van der Waals surface area contributed by atoms with E-state index in [1.807, 2.05) is 0 Å². The number of unbranched alkanes of at least 4 members (excludes halogenated alkanes) is 14. The highest BCUT2D eigenvalue weighted by Gasteiger charge is 2.00. The van der Waals surface area contributed by atoms with Crippen LogP contribution in [0.15, 0.2) is 27.9 Å². The molecule has 0 aliphatic heterocycles. The number of amides is 1. The summed E-state index contributed by atoms with van der Waals surface area (Å²) in [5, 5.41) is 3.88. The van der Waals surface area contributed by atoms with Crippen LogP contribution in [0.5, 0.6) is 0 Å². The molecule has 1 aromatic heterocycles. The van der Waals surface area contributed by atoms with Crippen LogP contribution in [-0.4, -0.2) is 12.1 Å². The van der Waals surface area contributed by atoms with E-state index in [-0.39, 0.29) is 5.91 Å². The molecule has 0 unspecified atom stereocenters. The molecule has 0 atom stereocenters. The molecular weight excluding hydrogens is 336 g/mol. The molecule has 154 valence electrons. The predicted molar refractivity (Wildman–Crippen MR) is 114 cm³/mol. The monoisotopic (exact) mass is 376 g/mol. The number of rotatable bonds is 18. The Labute approximate surface area is 166 Å². The van der Waals surface area contributed by atoms with E-state index in [0.29, 0.717) is 12.2 Å². The zero-order chi connectivity index (χ0) is 19.4. The summed E-state index contributed by atoms with van der Waals surface area (Å²) in [5.41, 5.74) is 2.54. The van der Waals surface area contributed by atoms with Gasteiger partial charge in [0.1, 0.15) is 5.76 Å². The fourth-order valence-electron chi connectivity index (χ4n) is 3.25. The summed E-state index contributed by atoms with van der Waals surface area (Å²) in [6.45, 7) is 2.28. The second-order valence-electron chi connectivity index (χ2n) is 7.51. The Morgan fingerprint density at radius 2 is 1.41 bits per heavy atom. The number of nitrogens with zero attached hydrogens (tertiary/aromatic N) is 1. The van der Waals surface area contributed by atoms with Crippen molar-refractivity contribution in [3.63, 3.8) is 0 Å². The van der Waals surface area contributed by atoms with Gasteiger partial charge in [-0.2, -0.15) is 5.10 Å². The van der Waals surface area contributed by atoms with Crippen molar-refractivity contribution in [3.05, 3.63) is 24.2 Å². The molecule has 0 aliphatic carbocycles. The van der Waals surface area contributed by atoms with Crippen LogP contribution in [0.1, 0.15) is 115 Å². The number of hydrogen-bond acceptors (Lipinski definition) is 3. The Balaban J connectivity index is 1.76. The summed E-state index contributed by atoms with van der Waals surface area (Å²) in [5.74, 6) is 0.620. The van der Waals surface area contributed by atoms with Crippen molar-refractivity contribution in [1.82, 2.24) is 5.43 Å². The maximum Gasteiger partial charge on any atom is 0.240 e. The molecule has 0 aromatic carbocycles. The average Bonchev–Trinajstić information content (AvgIpc) is 3.18. The number of carbonyl (C=O) groups excluding carboxylic acids is 1. The zero-order valence-electron chi connectivity index (χ0n) is 17.4. The van der Waals surface area contributed by atoms with Crippen molar-refractivity contribution in [1.29, 1.82) is 0 Å². The van der Waals surface area contributed by atoms with Crippen LogP contribution < -0.4 is 5.43 Å². The Morgan fingerprint density at radius 3 is 1.89 bits per heavy atom. The standard InChI is InChI=1S/C23H40N2O2/c1-2-3-4-5-6-7-8-9-10-11-12-13-14-15-16-19-23(26)25-24-21-22-18-17-20-27-22/h17-18,20-21H,2-16,19H2,1H3,(H,25,26)/b24-21-. The van der Waals surface area contributed by atoms with Crippen LogP contribution >= 0.6 is 0 Å². The first kappa shape index (κ1) is 23.5. The minimum absolute atomic E-state index is 0.0208. The Kier molecular flexibility index (Phi) is 15.5. The van der Waals surface area contributed by atoms with Gasteiger partial charge in [-0.25, -0.2) is 5.43 Å². The lowest BCUT2D eigenvalue weighted by Gasteiger charge is -2.03. The third kappa shape index (κ3) is 15.2. The molecule has 1 N–H and O–H groups in total. The zero-order valence-corrected chi connectivity index (χ0v) is 17.4. The van der Waals surface area contributed by atoms with E-state index < -0.39 is 0 Å². The van der Waals surface area contributed by atoms with Crippen molar-refractivity contribution >= 4 is 12.1 Å². The lowest BCUT2D eigenvalue weighted by molar-refractivity contribution is -0.121. The van der Waals surface area contributed by atoms with Gasteiger partial charge in [0.25, 0.3) is 0 Å². The summed E-state index contributed by atoms with van der Waals surface area (Å²) in [6.07, 6.45) is 23.7. The fourth-order valence-corrected chi connectivity index (χ4v) is 3.25. The first-order valence-electron chi connectivity index (χ1n) is 11.2. The molecule has 0 saturated heterocycles. The van der Waals surface area contributed by atoms with Gasteiger partial charge in [0.2, 0.25) is 5.91 Å². The highest BCUT2D eigenvalue weighted by Crippen LogP contribution is 2.13. The maximum atomic E-state index is 11.6. The number of hydrazone groups is 1. The predicted octanol–water partition coefficient (Wildman–Crippen LogP) is 6.99. The second kappa shape index (κ2) is 17.8. The Hall–Kier alpha value is -1.58. The minimum atomic E-state index is -0.0208. The second-order valence-corrected chi connectivity index (χ2v) is 7.51. The van der Waals surface area contributed by atoms with Gasteiger partial charge in [0, 0.05) is 6.42 Å². The summed E-state index contributed by atoms with van der Waals surface area (Å²) in [6, 6.07) is 3.59. The van der Waals surface area contributed by atoms with Gasteiger partial charge in [0.15, 0.2) is 0 Å². The highest BCUT2D eigenvalue weighted by atomic mass is 16.3. The summed E-state index contributed by atoms with van der Waals surface area (Å²) in [4.78, 5) is 11.6. The number of nitrogens with one attached hydrogen (secondary N) is 1. The van der Waals surface area contributed by atoms with Crippen LogP contribution in [0, 0.1) is 0 Å². The molecule has 0 saturated carbocycles. The number of hydrogen-bond donors (Lipinski definition) is 1. The largest absolute Gasteiger partial charge is 0.463 e. The van der Waals surface area contributed by atoms with Crippen LogP contribution in [0.2, 0.25) is 0 Å². The molecule has 0 fully saturated rings. The highest BCUT2D eigenvalue weighted by molar-refractivity contribution is 5.80. The van der Waals surface area contributed by atoms with Crippen LogP contribution in [0.4, 0.5) is 0 Å². The van der Waals surface area contributed by atoms with Gasteiger partial charge in [-0.05, 0) is 18.6 Å². The van der Waals surface area contributed by atoms with Gasteiger partial charge in [-0.1, -0.05) is 96.8 Å². The Morgan fingerprint density at radius 1 is 0.889 bits per heavy atom. The average molecular weight is 377 g/mol. The summed E-state index contributed by atoms with van der Waals surface area (Å²) >= 11 is 0. The molecular formula is C23H40N2O2. The third-order valence-electron chi connectivity index (χ3n) is 4.93. The molecule has 1 rings (SSSR count). The van der Waals surface area contributed by atoms with Gasteiger partial charge in [0.05, 0.1) is 12.5 Å². The third-order valence-corrected chi connectivity index (χ3v) is 4.93. The van der Waals surface area contributed by atoms with E-state index in [4.69, 9.17) is 4.42 Å². The molecule has 0 spiro atoms. The molecule has 4 nitrogen and oxygen atoms in total. The van der Waals surface area contributed by atoms with E-state index >= 15 is 0 Å². The number of furan rings is 1. The molecule has 4 heteroatoms. The van der Waals surface area contributed by atoms with Crippen LogP contribution in [0.25, 0.3) is 0 Å². The van der Waals surface area contributed by atoms with Crippen molar-refractivity contribution in [2.24, 2.45) is 5.10 Å². The minimum Gasteiger partial charge on any atom is -0.463 e. The first-order valence-corrected chi connectivity index (χ1v) is 11.2. The molecule has 0 radical (unpaired) electrons. The molecule has 0 bridgehead atoms. The normalized spacial score (nSPS) is 11.3. The quantitative estimate of drug-likeness (QED) is 0.170. The van der Waals surface area contributed by atoms with E-state index in [1.165, 1.54) is 89.7 Å². The smallest absolute Gasteiger partial charge is 0.240 e. The van der Waals surface area contributed by atoms with Crippen molar-refractivity contribution in [2.45, 2.75) is 110 Å². The van der Waals surface area contributed by atoms with Crippen molar-refractivity contribution < 1.29 is 9.21 Å². The van der Waals surface area contributed by atoms with Gasteiger partial charge in [-0.3, -0.25) is 4.79 Å². The number of carbonyl (C=O) groups is 1. The lowest BCUT2D eigenvalue weighted by atomic mass is 10.0. The van der Waals surface area contributed by atoms with Crippen LogP contribution in [-0.2, 0) is 4.79 Å². The summed E-state index contributed by atoms with van der Waals surface area (Å²) in [7, 11) is 0. The molecule has 27 heavy (non-hydrogen) atoms. The van der Waals surface area contributed by atoms with Crippen molar-refractivity contribution in [2.75, 3.05) is 0 Å². The molecule has 0 aliphatic rings. The van der Waals surface area contributed by atoms with Crippen LogP contribution in [0.3, 0.4) is 0 Å². The molecule has 1 amide bonds. The van der Waals surface area contributed by atoms with E-state index in [2.05, 4.69) is 17.5 Å². The van der Waals surface area contributed by atoms with Gasteiger partial charge in [-0.15, -0.1) is 0 Å². The molecule has 1 aromatic rings.